The van der Waals surface area contributed by atoms with E-state index in [0.717, 1.165) is 27.4 Å². The van der Waals surface area contributed by atoms with Crippen molar-refractivity contribution in [3.05, 3.63) is 28.9 Å². The van der Waals surface area contributed by atoms with Crippen LogP contribution in [0.5, 0.6) is 0 Å². The van der Waals surface area contributed by atoms with Crippen molar-refractivity contribution in [2.45, 2.75) is 6.92 Å². The number of aryl methyl sites for hydroxylation is 2. The standard InChI is InChI=1S/C12H11ClN4S/c1-6-10(18-12(14)15-6)11-16-8-5-3-4-7(13)9(8)17(11)2/h3-5H,1-2H3,(H2,14,15). The lowest BCUT2D eigenvalue weighted by Gasteiger charge is -2.01. The number of rotatable bonds is 1. The summed E-state index contributed by atoms with van der Waals surface area (Å²) in [7, 11) is 1.95. The number of hydrogen-bond donors (Lipinski definition) is 1. The number of fused-ring (bicyclic) bond motifs is 1. The number of nitrogens with two attached hydrogens (primary N) is 1. The first-order chi connectivity index (χ1) is 8.58. The molecule has 0 unspecified atom stereocenters. The van der Waals surface area contributed by atoms with E-state index in [4.69, 9.17) is 17.3 Å². The molecule has 4 nitrogen and oxygen atoms in total. The van der Waals surface area contributed by atoms with Gasteiger partial charge in [-0.15, -0.1) is 0 Å². The Hall–Kier alpha value is -1.59. The van der Waals surface area contributed by atoms with Gasteiger partial charge >= 0.3 is 0 Å². The SMILES string of the molecule is Cc1nc(N)sc1-c1nc2cccc(Cl)c2n1C. The number of hydrogen-bond acceptors (Lipinski definition) is 4. The van der Waals surface area contributed by atoms with Crippen molar-refractivity contribution < 1.29 is 0 Å². The zero-order valence-corrected chi connectivity index (χ0v) is 11.5. The Bertz CT molecular complexity index is 744. The Morgan fingerprint density at radius 2 is 2.11 bits per heavy atom. The number of halogens is 1. The molecule has 0 spiro atoms. The first kappa shape index (κ1) is 11.5. The van der Waals surface area contributed by atoms with E-state index in [1.165, 1.54) is 11.3 Å². The molecular formula is C12H11ClN4S. The molecule has 18 heavy (non-hydrogen) atoms. The maximum Gasteiger partial charge on any atom is 0.180 e. The maximum atomic E-state index is 6.21. The van der Waals surface area contributed by atoms with Crippen molar-refractivity contribution in [2.24, 2.45) is 7.05 Å². The Morgan fingerprint density at radius 3 is 2.72 bits per heavy atom. The van der Waals surface area contributed by atoms with Crippen molar-refractivity contribution in [3.8, 4) is 10.7 Å². The summed E-state index contributed by atoms with van der Waals surface area (Å²) in [5.74, 6) is 0.852. The topological polar surface area (TPSA) is 56.7 Å². The second-order valence-corrected chi connectivity index (χ2v) is 5.51. The lowest BCUT2D eigenvalue weighted by atomic mass is 10.3. The minimum Gasteiger partial charge on any atom is -0.375 e. The van der Waals surface area contributed by atoms with E-state index >= 15 is 0 Å². The number of para-hydroxylation sites is 1. The molecule has 1 aromatic carbocycles. The molecule has 3 aromatic rings. The van der Waals surface area contributed by atoms with Gasteiger partial charge in [0.2, 0.25) is 0 Å². The lowest BCUT2D eigenvalue weighted by Crippen LogP contribution is -1.92. The maximum absolute atomic E-state index is 6.21. The predicted octanol–water partition coefficient (Wildman–Crippen LogP) is 3.24. The third-order valence-electron chi connectivity index (χ3n) is 2.86. The van der Waals surface area contributed by atoms with Crippen molar-refractivity contribution in [2.75, 3.05) is 5.73 Å². The molecule has 0 saturated heterocycles. The Balaban J connectivity index is 2.34. The highest BCUT2D eigenvalue weighted by Gasteiger charge is 2.16. The number of anilines is 1. The average molecular weight is 279 g/mol. The van der Waals surface area contributed by atoms with Crippen molar-refractivity contribution in [1.29, 1.82) is 0 Å². The smallest absolute Gasteiger partial charge is 0.180 e. The number of benzene rings is 1. The summed E-state index contributed by atoms with van der Waals surface area (Å²) in [5.41, 5.74) is 8.44. The van der Waals surface area contributed by atoms with Gasteiger partial charge in [-0.1, -0.05) is 29.0 Å². The lowest BCUT2D eigenvalue weighted by molar-refractivity contribution is 0.960. The van der Waals surface area contributed by atoms with Gasteiger partial charge in [-0.05, 0) is 19.1 Å². The van der Waals surface area contributed by atoms with Crippen LogP contribution in [0.25, 0.3) is 21.7 Å². The Morgan fingerprint density at radius 1 is 1.33 bits per heavy atom. The van der Waals surface area contributed by atoms with Gasteiger partial charge in [0.15, 0.2) is 11.0 Å². The van der Waals surface area contributed by atoms with E-state index in [0.29, 0.717) is 10.2 Å². The van der Waals surface area contributed by atoms with E-state index < -0.39 is 0 Å². The summed E-state index contributed by atoms with van der Waals surface area (Å²) >= 11 is 7.65. The molecule has 0 atom stereocenters. The van der Waals surface area contributed by atoms with Crippen LogP contribution < -0.4 is 5.73 Å². The molecule has 0 aliphatic carbocycles. The molecule has 6 heteroatoms. The average Bonchev–Trinajstić information content (AvgIpc) is 2.80. The Labute approximate surface area is 113 Å². The zero-order chi connectivity index (χ0) is 12.9. The summed E-state index contributed by atoms with van der Waals surface area (Å²) in [6, 6.07) is 5.71. The summed E-state index contributed by atoms with van der Waals surface area (Å²) < 4.78 is 1.98. The summed E-state index contributed by atoms with van der Waals surface area (Å²) in [5, 5.41) is 1.25. The molecule has 2 heterocycles. The van der Waals surface area contributed by atoms with Crippen LogP contribution in [0.2, 0.25) is 5.02 Å². The van der Waals surface area contributed by atoms with Gasteiger partial charge in [0.05, 0.1) is 26.6 Å². The van der Waals surface area contributed by atoms with Crippen molar-refractivity contribution in [3.63, 3.8) is 0 Å². The molecule has 0 aliphatic heterocycles. The number of nitrogen functional groups attached to an aromatic ring is 1. The predicted molar refractivity (Wildman–Crippen MR) is 76.0 cm³/mol. The molecule has 3 rings (SSSR count). The van der Waals surface area contributed by atoms with Crippen LogP contribution >= 0.6 is 22.9 Å². The van der Waals surface area contributed by atoms with Crippen LogP contribution in [0.3, 0.4) is 0 Å². The Kier molecular flexibility index (Phi) is 2.53. The van der Waals surface area contributed by atoms with E-state index in [1.807, 2.05) is 36.7 Å². The number of imidazole rings is 1. The number of thiazole rings is 1. The van der Waals surface area contributed by atoms with E-state index in [9.17, 15) is 0 Å². The third kappa shape index (κ3) is 1.59. The minimum absolute atomic E-state index is 0.556. The van der Waals surface area contributed by atoms with Gasteiger partial charge in [0.1, 0.15) is 0 Å². The highest BCUT2D eigenvalue weighted by molar-refractivity contribution is 7.18. The zero-order valence-electron chi connectivity index (χ0n) is 9.94. The summed E-state index contributed by atoms with van der Waals surface area (Å²) in [4.78, 5) is 9.83. The minimum atomic E-state index is 0.556. The van der Waals surface area contributed by atoms with Crippen LogP contribution in [0.4, 0.5) is 5.13 Å². The largest absolute Gasteiger partial charge is 0.375 e. The second kappa shape index (κ2) is 3.96. The molecule has 2 aromatic heterocycles. The third-order valence-corrected chi connectivity index (χ3v) is 4.15. The number of nitrogens with zero attached hydrogens (tertiary/aromatic N) is 3. The fourth-order valence-electron chi connectivity index (χ4n) is 2.05. The van der Waals surface area contributed by atoms with Gasteiger partial charge in [0, 0.05) is 7.05 Å². The van der Waals surface area contributed by atoms with Crippen molar-refractivity contribution >= 4 is 39.1 Å². The number of aromatic nitrogens is 3. The van der Waals surface area contributed by atoms with Gasteiger partial charge in [-0.3, -0.25) is 0 Å². The highest BCUT2D eigenvalue weighted by atomic mass is 35.5. The van der Waals surface area contributed by atoms with Crippen LogP contribution in [0, 0.1) is 6.92 Å². The summed E-state index contributed by atoms with van der Waals surface area (Å²) in [6.07, 6.45) is 0. The van der Waals surface area contributed by atoms with E-state index in [1.54, 1.807) is 0 Å². The molecule has 0 radical (unpaired) electrons. The second-order valence-electron chi connectivity index (χ2n) is 4.07. The molecule has 2 N–H and O–H groups in total. The monoisotopic (exact) mass is 278 g/mol. The molecular weight excluding hydrogens is 268 g/mol. The van der Waals surface area contributed by atoms with Crippen LogP contribution in [-0.4, -0.2) is 14.5 Å². The van der Waals surface area contributed by atoms with Gasteiger partial charge in [-0.25, -0.2) is 9.97 Å². The fraction of sp³-hybridized carbons (Fsp3) is 0.167. The van der Waals surface area contributed by atoms with Crippen LogP contribution in [-0.2, 0) is 7.05 Å². The molecule has 0 saturated carbocycles. The molecule has 0 bridgehead atoms. The van der Waals surface area contributed by atoms with Gasteiger partial charge in [-0.2, -0.15) is 0 Å². The van der Waals surface area contributed by atoms with E-state index in [-0.39, 0.29) is 0 Å². The fourth-order valence-corrected chi connectivity index (χ4v) is 3.20. The molecule has 0 amide bonds. The van der Waals surface area contributed by atoms with Crippen molar-refractivity contribution in [1.82, 2.24) is 14.5 Å². The first-order valence-electron chi connectivity index (χ1n) is 5.42. The normalized spacial score (nSPS) is 11.3. The first-order valence-corrected chi connectivity index (χ1v) is 6.61. The summed E-state index contributed by atoms with van der Waals surface area (Å²) in [6.45, 7) is 1.93. The van der Waals surface area contributed by atoms with Gasteiger partial charge < -0.3 is 10.3 Å². The quantitative estimate of drug-likeness (QED) is 0.743. The molecule has 92 valence electrons. The van der Waals surface area contributed by atoms with Crippen LogP contribution in [0.1, 0.15) is 5.69 Å². The molecule has 0 fully saturated rings. The highest BCUT2D eigenvalue weighted by Crippen LogP contribution is 2.34. The van der Waals surface area contributed by atoms with Crippen LogP contribution in [0.15, 0.2) is 18.2 Å². The van der Waals surface area contributed by atoms with Gasteiger partial charge in [0.25, 0.3) is 0 Å². The molecule has 0 aliphatic rings. The van der Waals surface area contributed by atoms with E-state index in [2.05, 4.69) is 9.97 Å².